The zero-order valence-corrected chi connectivity index (χ0v) is 21.6. The molecule has 0 aliphatic carbocycles. The van der Waals surface area contributed by atoms with E-state index in [1.54, 1.807) is 18.2 Å². The lowest BCUT2D eigenvalue weighted by Gasteiger charge is -2.36. The highest BCUT2D eigenvalue weighted by atomic mass is 35.5. The molecule has 0 bridgehead atoms. The van der Waals surface area contributed by atoms with Gasteiger partial charge in [-0.3, -0.25) is 15.0 Å². The van der Waals surface area contributed by atoms with Gasteiger partial charge in [0.1, 0.15) is 0 Å². The first-order chi connectivity index (χ1) is 17.5. The number of benzene rings is 3. The summed E-state index contributed by atoms with van der Waals surface area (Å²) in [5, 5.41) is 7.30. The summed E-state index contributed by atoms with van der Waals surface area (Å²) in [5.41, 5.74) is 3.22. The molecule has 1 fully saturated rings. The number of nitrogens with one attached hydrogen (secondary N) is 2. The molecule has 36 heavy (non-hydrogen) atoms. The van der Waals surface area contributed by atoms with Crippen LogP contribution in [-0.4, -0.2) is 48.9 Å². The van der Waals surface area contributed by atoms with Crippen molar-refractivity contribution in [2.45, 2.75) is 6.54 Å². The number of anilines is 2. The molecule has 2 aliphatic rings. The van der Waals surface area contributed by atoms with E-state index in [-0.39, 0.29) is 17.8 Å². The maximum absolute atomic E-state index is 12.6. The smallest absolute Gasteiger partial charge is 0.257 e. The third-order valence-corrected chi connectivity index (χ3v) is 7.01. The lowest BCUT2D eigenvalue weighted by atomic mass is 10.2. The number of carbonyl (C=O) groups excluding carboxylic acids is 1. The summed E-state index contributed by atoms with van der Waals surface area (Å²) >= 11 is 18.3. The van der Waals surface area contributed by atoms with E-state index in [4.69, 9.17) is 44.9 Å². The maximum Gasteiger partial charge on any atom is 0.257 e. The molecule has 10 heteroatoms. The van der Waals surface area contributed by atoms with Gasteiger partial charge in [-0.05, 0) is 60.2 Å². The first-order valence-corrected chi connectivity index (χ1v) is 12.6. The number of fused-ring (bicyclic) bond motifs is 1. The number of carbonyl (C=O) groups is 1. The van der Waals surface area contributed by atoms with Crippen LogP contribution >= 0.6 is 35.4 Å². The van der Waals surface area contributed by atoms with Gasteiger partial charge in [-0.1, -0.05) is 41.4 Å². The maximum atomic E-state index is 12.6. The van der Waals surface area contributed by atoms with E-state index < -0.39 is 0 Å². The zero-order chi connectivity index (χ0) is 25.1. The van der Waals surface area contributed by atoms with Crippen molar-refractivity contribution in [2.75, 3.05) is 43.2 Å². The lowest BCUT2D eigenvalue weighted by molar-refractivity contribution is 0.0977. The van der Waals surface area contributed by atoms with E-state index in [1.165, 1.54) is 0 Å². The molecule has 2 aliphatic heterocycles. The minimum Gasteiger partial charge on any atom is -0.454 e. The fraction of sp³-hybridized carbons (Fsp3) is 0.231. The molecule has 3 aromatic carbocycles. The number of thiocarbonyl (C=S) groups is 1. The summed E-state index contributed by atoms with van der Waals surface area (Å²) in [6.07, 6.45) is 0. The Hall–Kier alpha value is -3.04. The van der Waals surface area contributed by atoms with Gasteiger partial charge in [-0.15, -0.1) is 0 Å². The number of rotatable bonds is 5. The molecule has 186 valence electrons. The molecule has 1 amide bonds. The molecule has 3 aromatic rings. The lowest BCUT2D eigenvalue weighted by Crippen LogP contribution is -2.46. The first kappa shape index (κ1) is 24.6. The summed E-state index contributed by atoms with van der Waals surface area (Å²) in [4.78, 5) is 17.2. The largest absolute Gasteiger partial charge is 0.454 e. The molecule has 5 rings (SSSR count). The van der Waals surface area contributed by atoms with E-state index >= 15 is 0 Å². The van der Waals surface area contributed by atoms with Crippen LogP contribution in [0.15, 0.2) is 60.7 Å². The molecule has 7 nitrogen and oxygen atoms in total. The number of halogens is 2. The van der Waals surface area contributed by atoms with Crippen LogP contribution in [0.25, 0.3) is 0 Å². The molecular weight excluding hydrogens is 519 g/mol. The second kappa shape index (κ2) is 10.9. The van der Waals surface area contributed by atoms with Crippen LogP contribution in [0.1, 0.15) is 15.9 Å². The molecule has 0 radical (unpaired) electrons. The number of hydrogen-bond donors (Lipinski definition) is 2. The monoisotopic (exact) mass is 542 g/mol. The van der Waals surface area contributed by atoms with Gasteiger partial charge in [-0.25, -0.2) is 0 Å². The van der Waals surface area contributed by atoms with Crippen LogP contribution < -0.4 is 25.0 Å². The van der Waals surface area contributed by atoms with Crippen molar-refractivity contribution in [2.24, 2.45) is 0 Å². The second-order valence-electron chi connectivity index (χ2n) is 8.50. The number of ether oxygens (including phenoxy) is 2. The van der Waals surface area contributed by atoms with Crippen LogP contribution in [0.2, 0.25) is 10.0 Å². The summed E-state index contributed by atoms with van der Waals surface area (Å²) in [5.74, 6) is 0.806. The van der Waals surface area contributed by atoms with Gasteiger partial charge < -0.3 is 19.7 Å². The summed E-state index contributed by atoms with van der Waals surface area (Å²) < 4.78 is 10.6. The molecule has 0 spiro atoms. The predicted octanol–water partition coefficient (Wildman–Crippen LogP) is 5.17. The van der Waals surface area contributed by atoms with Gasteiger partial charge >= 0.3 is 0 Å². The Balaban J connectivity index is 1.14. The molecule has 1 saturated heterocycles. The summed E-state index contributed by atoms with van der Waals surface area (Å²) in [6.45, 7) is 4.53. The van der Waals surface area contributed by atoms with Crippen LogP contribution in [0.3, 0.4) is 0 Å². The van der Waals surface area contributed by atoms with Crippen molar-refractivity contribution >= 4 is 57.8 Å². The van der Waals surface area contributed by atoms with Crippen LogP contribution in [0.4, 0.5) is 11.4 Å². The standard InChI is InChI=1S/C26H24Cl2N4O3S/c27-20-4-2-1-3-18(20)15-31-9-11-32(12-10-31)22-7-6-19(14-21(22)28)29-26(36)30-25(33)17-5-8-23-24(13-17)35-16-34-23/h1-8,13-14H,9-12,15-16H2,(H2,29,30,33,36). The third-order valence-electron chi connectivity index (χ3n) is 6.13. The van der Waals surface area contributed by atoms with E-state index in [1.807, 2.05) is 36.4 Å². The van der Waals surface area contributed by atoms with E-state index in [0.29, 0.717) is 27.8 Å². The fourth-order valence-corrected chi connectivity index (χ4v) is 4.94. The highest BCUT2D eigenvalue weighted by molar-refractivity contribution is 7.80. The number of nitrogens with zero attached hydrogens (tertiary/aromatic N) is 2. The van der Waals surface area contributed by atoms with E-state index in [2.05, 4.69) is 26.5 Å². The normalized spacial score (nSPS) is 15.0. The molecule has 2 N–H and O–H groups in total. The van der Waals surface area contributed by atoms with Crippen LogP contribution in [-0.2, 0) is 6.54 Å². The SMILES string of the molecule is O=C(NC(=S)Nc1ccc(N2CCN(Cc3ccccc3Cl)CC2)c(Cl)c1)c1ccc2c(c1)OCO2. The van der Waals surface area contributed by atoms with E-state index in [0.717, 1.165) is 49.0 Å². The predicted molar refractivity (Wildman–Crippen MR) is 147 cm³/mol. The van der Waals surface area contributed by atoms with E-state index in [9.17, 15) is 4.79 Å². The Bertz CT molecular complexity index is 1300. The minimum absolute atomic E-state index is 0.148. The van der Waals surface area contributed by atoms with Gasteiger partial charge in [0.15, 0.2) is 16.6 Å². The van der Waals surface area contributed by atoms with Crippen molar-refractivity contribution in [3.8, 4) is 11.5 Å². The quantitative estimate of drug-likeness (QED) is 0.431. The Morgan fingerprint density at radius 3 is 2.47 bits per heavy atom. The van der Waals surface area contributed by atoms with Crippen molar-refractivity contribution in [3.63, 3.8) is 0 Å². The van der Waals surface area contributed by atoms with Gasteiger partial charge in [0, 0.05) is 49.0 Å². The van der Waals surface area contributed by atoms with Gasteiger partial charge in [0.05, 0.1) is 10.7 Å². The topological polar surface area (TPSA) is 66.1 Å². The molecule has 2 heterocycles. The molecular formula is C26H24Cl2N4O3S. The van der Waals surface area contributed by atoms with Crippen molar-refractivity contribution in [1.29, 1.82) is 0 Å². The van der Waals surface area contributed by atoms with Crippen LogP contribution in [0.5, 0.6) is 11.5 Å². The Kier molecular flexibility index (Phi) is 7.48. The first-order valence-electron chi connectivity index (χ1n) is 11.5. The Morgan fingerprint density at radius 1 is 0.917 bits per heavy atom. The highest BCUT2D eigenvalue weighted by Gasteiger charge is 2.20. The molecule has 0 atom stereocenters. The molecule has 0 saturated carbocycles. The summed E-state index contributed by atoms with van der Waals surface area (Å²) in [7, 11) is 0. The number of hydrogen-bond acceptors (Lipinski definition) is 6. The third kappa shape index (κ3) is 5.68. The summed E-state index contributed by atoms with van der Waals surface area (Å²) in [6, 6.07) is 18.6. The molecule has 0 unspecified atom stereocenters. The van der Waals surface area contributed by atoms with Crippen LogP contribution in [0, 0.1) is 0 Å². The van der Waals surface area contributed by atoms with Gasteiger partial charge in [0.2, 0.25) is 6.79 Å². The average molecular weight is 543 g/mol. The van der Waals surface area contributed by atoms with Gasteiger partial charge in [0.25, 0.3) is 5.91 Å². The van der Waals surface area contributed by atoms with Crippen molar-refractivity contribution in [3.05, 3.63) is 81.8 Å². The highest BCUT2D eigenvalue weighted by Crippen LogP contribution is 2.33. The zero-order valence-electron chi connectivity index (χ0n) is 19.3. The van der Waals surface area contributed by atoms with Crippen molar-refractivity contribution < 1.29 is 14.3 Å². The minimum atomic E-state index is -0.344. The fourth-order valence-electron chi connectivity index (χ4n) is 4.23. The molecule has 0 aromatic heterocycles. The average Bonchev–Trinajstić information content (AvgIpc) is 3.34. The Labute approximate surface area is 224 Å². The van der Waals surface area contributed by atoms with Crippen molar-refractivity contribution in [1.82, 2.24) is 10.2 Å². The van der Waals surface area contributed by atoms with Gasteiger partial charge in [-0.2, -0.15) is 0 Å². The Morgan fingerprint density at radius 2 is 1.69 bits per heavy atom. The number of amides is 1. The number of piperazine rings is 1. The second-order valence-corrected chi connectivity index (χ2v) is 9.72.